The van der Waals surface area contributed by atoms with Gasteiger partial charge in [0.2, 0.25) is 0 Å². The van der Waals surface area contributed by atoms with Crippen molar-refractivity contribution in [2.24, 2.45) is 17.6 Å². The van der Waals surface area contributed by atoms with E-state index in [1.54, 1.807) is 12.3 Å². The zero-order valence-electron chi connectivity index (χ0n) is 10.9. The van der Waals surface area contributed by atoms with Gasteiger partial charge in [0.1, 0.15) is 11.7 Å². The van der Waals surface area contributed by atoms with E-state index in [1.807, 2.05) is 0 Å². The van der Waals surface area contributed by atoms with Crippen LogP contribution in [0.4, 0.5) is 5.82 Å². The molecule has 0 aromatic carbocycles. The number of amidine groups is 1. The van der Waals surface area contributed by atoms with Gasteiger partial charge in [-0.3, -0.25) is 5.41 Å². The molecule has 0 saturated heterocycles. The summed E-state index contributed by atoms with van der Waals surface area (Å²) in [6, 6.07) is 1.71. The number of halogens is 1. The summed E-state index contributed by atoms with van der Waals surface area (Å²) < 4.78 is 0. The van der Waals surface area contributed by atoms with Crippen LogP contribution in [-0.2, 0) is 0 Å². The number of nitrogens with zero attached hydrogens (tertiary/aromatic N) is 2. The van der Waals surface area contributed by atoms with Crippen molar-refractivity contribution in [2.75, 3.05) is 18.0 Å². The van der Waals surface area contributed by atoms with Crippen LogP contribution >= 0.6 is 11.6 Å². The maximum Gasteiger partial charge on any atom is 0.148 e. The van der Waals surface area contributed by atoms with Gasteiger partial charge in [0.05, 0.1) is 5.02 Å². The van der Waals surface area contributed by atoms with Gasteiger partial charge in [-0.1, -0.05) is 11.6 Å². The summed E-state index contributed by atoms with van der Waals surface area (Å²) in [7, 11) is 0. The molecule has 19 heavy (non-hydrogen) atoms. The molecule has 0 unspecified atom stereocenters. The van der Waals surface area contributed by atoms with Crippen LogP contribution in [0.1, 0.15) is 31.2 Å². The number of nitrogens with two attached hydrogens (primary N) is 1. The van der Waals surface area contributed by atoms with Crippen LogP contribution in [-0.4, -0.2) is 23.9 Å². The van der Waals surface area contributed by atoms with Crippen LogP contribution in [0.5, 0.6) is 0 Å². The molecule has 3 N–H and O–H groups in total. The molecule has 1 aromatic rings. The molecule has 3 rings (SSSR count). The SMILES string of the molecule is N=C(N)c1ccnc(N(CC2CC2)CC2CC2)c1Cl. The van der Waals surface area contributed by atoms with Crippen molar-refractivity contribution in [1.82, 2.24) is 4.98 Å². The fraction of sp³-hybridized carbons (Fsp3) is 0.571. The maximum atomic E-state index is 7.57. The second-order valence-corrected chi connectivity index (χ2v) is 6.08. The molecule has 5 heteroatoms. The second kappa shape index (κ2) is 5.00. The lowest BCUT2D eigenvalue weighted by atomic mass is 10.2. The minimum absolute atomic E-state index is 0.00597. The number of aromatic nitrogens is 1. The van der Waals surface area contributed by atoms with Gasteiger partial charge in [-0.15, -0.1) is 0 Å². The molecule has 0 aliphatic heterocycles. The molecular formula is C14H19ClN4. The summed E-state index contributed by atoms with van der Waals surface area (Å²) in [5.41, 5.74) is 6.15. The molecule has 102 valence electrons. The van der Waals surface area contributed by atoms with E-state index in [1.165, 1.54) is 25.7 Å². The Morgan fingerprint density at radius 2 is 1.89 bits per heavy atom. The Morgan fingerprint density at radius 1 is 1.32 bits per heavy atom. The second-order valence-electron chi connectivity index (χ2n) is 5.70. The van der Waals surface area contributed by atoms with Gasteiger partial charge in [-0.05, 0) is 43.6 Å². The number of hydrogen-bond donors (Lipinski definition) is 2. The molecule has 0 radical (unpaired) electrons. The monoisotopic (exact) mass is 278 g/mol. The van der Waals surface area contributed by atoms with Crippen molar-refractivity contribution in [3.8, 4) is 0 Å². The maximum absolute atomic E-state index is 7.57. The summed E-state index contributed by atoms with van der Waals surface area (Å²) in [6.45, 7) is 2.06. The Labute approximate surface area is 118 Å². The predicted molar refractivity (Wildman–Crippen MR) is 77.9 cm³/mol. The predicted octanol–water partition coefficient (Wildman–Crippen LogP) is 2.65. The average Bonchev–Trinajstić information content (AvgIpc) is 3.23. The Morgan fingerprint density at radius 3 is 2.37 bits per heavy atom. The van der Waals surface area contributed by atoms with E-state index >= 15 is 0 Å². The molecule has 4 nitrogen and oxygen atoms in total. The summed E-state index contributed by atoms with van der Waals surface area (Å²) >= 11 is 6.38. The lowest BCUT2D eigenvalue weighted by molar-refractivity contribution is 0.671. The number of nitrogen functional groups attached to an aromatic ring is 1. The zero-order chi connectivity index (χ0) is 13.4. The van der Waals surface area contributed by atoms with Crippen LogP contribution in [0.15, 0.2) is 12.3 Å². The molecule has 2 saturated carbocycles. The van der Waals surface area contributed by atoms with E-state index in [9.17, 15) is 0 Å². The smallest absolute Gasteiger partial charge is 0.148 e. The van der Waals surface area contributed by atoms with E-state index in [0.717, 1.165) is 30.7 Å². The first kappa shape index (κ1) is 12.7. The molecule has 2 aliphatic rings. The Bertz CT molecular complexity index is 480. The van der Waals surface area contributed by atoms with Crippen LogP contribution in [0.3, 0.4) is 0 Å². The lowest BCUT2D eigenvalue weighted by Gasteiger charge is -2.25. The Balaban J connectivity index is 1.86. The number of nitrogens with one attached hydrogen (secondary N) is 1. The highest BCUT2D eigenvalue weighted by Gasteiger charge is 2.31. The van der Waals surface area contributed by atoms with Crippen molar-refractivity contribution in [3.05, 3.63) is 22.8 Å². The van der Waals surface area contributed by atoms with Crippen molar-refractivity contribution < 1.29 is 0 Å². The third-order valence-corrected chi connectivity index (χ3v) is 4.18. The number of rotatable bonds is 6. The third kappa shape index (κ3) is 3.00. The first-order valence-corrected chi connectivity index (χ1v) is 7.26. The Hall–Kier alpha value is -1.29. The minimum atomic E-state index is 0.00597. The number of pyridine rings is 1. The molecule has 0 atom stereocenters. The third-order valence-electron chi connectivity index (χ3n) is 3.81. The minimum Gasteiger partial charge on any atom is -0.384 e. The molecule has 0 bridgehead atoms. The normalized spacial score (nSPS) is 18.4. The van der Waals surface area contributed by atoms with E-state index in [0.29, 0.717) is 10.6 Å². The van der Waals surface area contributed by atoms with Crippen LogP contribution in [0.2, 0.25) is 5.02 Å². The van der Waals surface area contributed by atoms with Gasteiger partial charge in [0.25, 0.3) is 0 Å². The van der Waals surface area contributed by atoms with Crippen LogP contribution in [0.25, 0.3) is 0 Å². The fourth-order valence-corrected chi connectivity index (χ4v) is 2.67. The van der Waals surface area contributed by atoms with Crippen LogP contribution < -0.4 is 10.6 Å². The van der Waals surface area contributed by atoms with Gasteiger partial charge < -0.3 is 10.6 Å². The van der Waals surface area contributed by atoms with Crippen molar-refractivity contribution in [3.63, 3.8) is 0 Å². The summed E-state index contributed by atoms with van der Waals surface area (Å²) in [6.07, 6.45) is 6.94. The topological polar surface area (TPSA) is 66.0 Å². The number of anilines is 1. The summed E-state index contributed by atoms with van der Waals surface area (Å²) in [5.74, 6) is 2.38. The standard InChI is InChI=1S/C14H19ClN4/c15-12-11(13(16)17)5-6-18-14(12)19(7-9-1-2-9)8-10-3-4-10/h5-6,9-10H,1-4,7-8H2,(H3,16,17). The first-order valence-electron chi connectivity index (χ1n) is 6.89. The fourth-order valence-electron chi connectivity index (χ4n) is 2.33. The van der Waals surface area contributed by atoms with Gasteiger partial charge in [0, 0.05) is 24.8 Å². The van der Waals surface area contributed by atoms with Crippen molar-refractivity contribution in [1.29, 1.82) is 5.41 Å². The van der Waals surface area contributed by atoms with Crippen molar-refractivity contribution >= 4 is 23.3 Å². The molecular weight excluding hydrogens is 260 g/mol. The average molecular weight is 279 g/mol. The highest BCUT2D eigenvalue weighted by molar-refractivity contribution is 6.36. The van der Waals surface area contributed by atoms with Crippen molar-refractivity contribution in [2.45, 2.75) is 25.7 Å². The van der Waals surface area contributed by atoms with Gasteiger partial charge in [0.15, 0.2) is 0 Å². The van der Waals surface area contributed by atoms with E-state index in [4.69, 9.17) is 22.7 Å². The number of hydrogen-bond acceptors (Lipinski definition) is 3. The molecule has 0 spiro atoms. The highest BCUT2D eigenvalue weighted by atomic mass is 35.5. The lowest BCUT2D eigenvalue weighted by Crippen LogP contribution is -2.29. The van der Waals surface area contributed by atoms with Crippen LogP contribution in [0, 0.1) is 17.2 Å². The van der Waals surface area contributed by atoms with E-state index in [-0.39, 0.29) is 5.84 Å². The molecule has 0 amide bonds. The van der Waals surface area contributed by atoms with Gasteiger partial charge >= 0.3 is 0 Å². The highest BCUT2D eigenvalue weighted by Crippen LogP contribution is 2.37. The molecule has 2 aliphatic carbocycles. The summed E-state index contributed by atoms with van der Waals surface area (Å²) in [5, 5.41) is 8.09. The quantitative estimate of drug-likeness (QED) is 0.621. The molecule has 2 fully saturated rings. The molecule has 1 heterocycles. The van der Waals surface area contributed by atoms with Gasteiger partial charge in [-0.25, -0.2) is 4.98 Å². The zero-order valence-corrected chi connectivity index (χ0v) is 11.7. The van der Waals surface area contributed by atoms with Gasteiger partial charge in [-0.2, -0.15) is 0 Å². The summed E-state index contributed by atoms with van der Waals surface area (Å²) in [4.78, 5) is 6.72. The molecule has 1 aromatic heterocycles. The largest absolute Gasteiger partial charge is 0.384 e. The van der Waals surface area contributed by atoms with E-state index in [2.05, 4.69) is 9.88 Å². The first-order chi connectivity index (χ1) is 9.15. The Kier molecular flexibility index (Phi) is 3.35. The van der Waals surface area contributed by atoms with E-state index < -0.39 is 0 Å².